The second-order valence-electron chi connectivity index (χ2n) is 7.13. The van der Waals surface area contributed by atoms with Crippen LogP contribution >= 0.6 is 0 Å². The molecule has 126 valence electrons. The average molecular weight is 332 g/mol. The third-order valence-corrected chi connectivity index (χ3v) is 4.90. The first-order chi connectivity index (χ1) is 12.1. The van der Waals surface area contributed by atoms with Gasteiger partial charge in [-0.05, 0) is 45.7 Å². The Morgan fingerprint density at radius 3 is 2.76 bits per heavy atom. The normalized spacial score (nSPS) is 14.9. The largest absolute Gasteiger partial charge is 0.345 e. The molecule has 0 atom stereocenters. The van der Waals surface area contributed by atoms with Gasteiger partial charge in [-0.25, -0.2) is 19.9 Å². The first kappa shape index (κ1) is 14.6. The van der Waals surface area contributed by atoms with Crippen molar-refractivity contribution >= 4 is 22.2 Å². The minimum absolute atomic E-state index is 0.320. The van der Waals surface area contributed by atoms with Crippen LogP contribution in [0.15, 0.2) is 24.5 Å². The van der Waals surface area contributed by atoms with Crippen LogP contribution in [0.2, 0.25) is 0 Å². The van der Waals surface area contributed by atoms with Crippen LogP contribution in [0.5, 0.6) is 0 Å². The molecule has 0 saturated heterocycles. The van der Waals surface area contributed by atoms with E-state index in [-0.39, 0.29) is 0 Å². The highest BCUT2D eigenvalue weighted by atomic mass is 15.1. The Kier molecular flexibility index (Phi) is 2.98. The summed E-state index contributed by atoms with van der Waals surface area (Å²) in [5.74, 6) is 2.50. The molecule has 0 bridgehead atoms. The highest BCUT2D eigenvalue weighted by Gasteiger charge is 2.27. The number of aromatic nitrogens is 6. The summed E-state index contributed by atoms with van der Waals surface area (Å²) in [4.78, 5) is 22.1. The number of nitrogens with zero attached hydrogens (tertiary/aromatic N) is 5. The second-order valence-corrected chi connectivity index (χ2v) is 7.13. The third-order valence-electron chi connectivity index (χ3n) is 4.90. The van der Waals surface area contributed by atoms with E-state index < -0.39 is 0 Å². The molecule has 1 aliphatic rings. The molecule has 1 aliphatic carbocycles. The van der Waals surface area contributed by atoms with E-state index in [4.69, 9.17) is 4.98 Å². The number of pyridine rings is 1. The fraction of sp³-hybridized carbons (Fsp3) is 0.368. The molecule has 4 aromatic heterocycles. The van der Waals surface area contributed by atoms with Crippen LogP contribution in [0.1, 0.15) is 50.3 Å². The number of H-pyrrole nitrogens is 1. The van der Waals surface area contributed by atoms with E-state index >= 15 is 0 Å². The van der Waals surface area contributed by atoms with Crippen LogP contribution < -0.4 is 0 Å². The Bertz CT molecular complexity index is 1100. The molecule has 6 nitrogen and oxygen atoms in total. The van der Waals surface area contributed by atoms with Gasteiger partial charge in [0.25, 0.3) is 0 Å². The topological polar surface area (TPSA) is 72.3 Å². The maximum Gasteiger partial charge on any atom is 0.160 e. The summed E-state index contributed by atoms with van der Waals surface area (Å²) in [6.45, 7) is 6.34. The quantitative estimate of drug-likeness (QED) is 0.612. The van der Waals surface area contributed by atoms with Crippen molar-refractivity contribution < 1.29 is 0 Å². The van der Waals surface area contributed by atoms with Gasteiger partial charge in [0, 0.05) is 35.3 Å². The van der Waals surface area contributed by atoms with Crippen LogP contribution in [0, 0.1) is 6.92 Å². The van der Waals surface area contributed by atoms with Gasteiger partial charge < -0.3 is 9.55 Å². The number of imidazole rings is 1. The highest BCUT2D eigenvalue weighted by molar-refractivity contribution is 5.93. The first-order valence-corrected chi connectivity index (χ1v) is 8.82. The Balaban J connectivity index is 1.67. The van der Waals surface area contributed by atoms with Crippen LogP contribution in [0.25, 0.3) is 33.5 Å². The summed E-state index contributed by atoms with van der Waals surface area (Å²) in [6.07, 6.45) is 6.32. The number of rotatable bonds is 3. The molecule has 4 aromatic rings. The number of aromatic amines is 1. The van der Waals surface area contributed by atoms with Crippen molar-refractivity contribution in [3.05, 3.63) is 36.2 Å². The van der Waals surface area contributed by atoms with Gasteiger partial charge in [-0.1, -0.05) is 0 Å². The van der Waals surface area contributed by atoms with Crippen LogP contribution in [0.3, 0.4) is 0 Å². The number of aryl methyl sites for hydroxylation is 1. The van der Waals surface area contributed by atoms with Gasteiger partial charge in [0.2, 0.25) is 0 Å². The molecule has 0 amide bonds. The lowest BCUT2D eigenvalue weighted by molar-refractivity contribution is 0.595. The van der Waals surface area contributed by atoms with E-state index in [2.05, 4.69) is 38.4 Å². The predicted octanol–water partition coefficient (Wildman–Crippen LogP) is 4.14. The summed E-state index contributed by atoms with van der Waals surface area (Å²) in [5.41, 5.74) is 4.70. The maximum atomic E-state index is 4.90. The van der Waals surface area contributed by atoms with Gasteiger partial charge >= 0.3 is 0 Å². The molecule has 5 rings (SSSR count). The zero-order valence-corrected chi connectivity index (χ0v) is 14.6. The molecule has 1 saturated carbocycles. The SMILES string of the molecule is Cc1nc2ccc(-c3c[nH]c4nc(C5CC5)ncc34)nc2n1C(C)C. The van der Waals surface area contributed by atoms with E-state index in [0.717, 1.165) is 45.1 Å². The predicted molar refractivity (Wildman–Crippen MR) is 97.5 cm³/mol. The highest BCUT2D eigenvalue weighted by Crippen LogP contribution is 2.38. The lowest BCUT2D eigenvalue weighted by Crippen LogP contribution is -2.04. The zero-order chi connectivity index (χ0) is 17.1. The molecule has 1 fully saturated rings. The molecule has 0 aliphatic heterocycles. The lowest BCUT2D eigenvalue weighted by Gasteiger charge is -2.10. The standard InChI is InChI=1S/C19H20N6/c1-10(2)25-11(3)22-16-7-6-15(23-19(16)25)13-8-21-18-14(13)9-20-17(24-18)12-4-5-12/h6-10,12H,4-5H2,1-3H3,(H,20,21,24). The number of hydrogen-bond acceptors (Lipinski definition) is 4. The smallest absolute Gasteiger partial charge is 0.160 e. The molecule has 1 N–H and O–H groups in total. The van der Waals surface area contributed by atoms with Gasteiger partial charge in [0.1, 0.15) is 22.8 Å². The molecule has 0 aromatic carbocycles. The summed E-state index contributed by atoms with van der Waals surface area (Å²) in [6, 6.07) is 4.39. The summed E-state index contributed by atoms with van der Waals surface area (Å²) in [7, 11) is 0. The van der Waals surface area contributed by atoms with E-state index in [9.17, 15) is 0 Å². The third kappa shape index (κ3) is 2.24. The number of nitrogens with one attached hydrogen (secondary N) is 1. The van der Waals surface area contributed by atoms with Crippen molar-refractivity contribution in [1.29, 1.82) is 0 Å². The van der Waals surface area contributed by atoms with E-state index in [1.54, 1.807) is 0 Å². The molecule has 25 heavy (non-hydrogen) atoms. The van der Waals surface area contributed by atoms with Gasteiger partial charge in [0.05, 0.1) is 5.69 Å². The molecular weight excluding hydrogens is 312 g/mol. The molecule has 4 heterocycles. The van der Waals surface area contributed by atoms with E-state index in [1.165, 1.54) is 12.8 Å². The fourth-order valence-corrected chi connectivity index (χ4v) is 3.53. The Labute approximate surface area is 145 Å². The van der Waals surface area contributed by atoms with Crippen molar-refractivity contribution in [2.75, 3.05) is 0 Å². The number of fused-ring (bicyclic) bond motifs is 2. The summed E-state index contributed by atoms with van der Waals surface area (Å²) in [5, 5.41) is 1.02. The monoisotopic (exact) mass is 332 g/mol. The Morgan fingerprint density at radius 2 is 2.00 bits per heavy atom. The maximum absolute atomic E-state index is 4.90. The van der Waals surface area contributed by atoms with Crippen LogP contribution in [-0.2, 0) is 0 Å². The van der Waals surface area contributed by atoms with Crippen molar-refractivity contribution in [2.45, 2.75) is 45.6 Å². The fourth-order valence-electron chi connectivity index (χ4n) is 3.53. The minimum Gasteiger partial charge on any atom is -0.345 e. The second kappa shape index (κ2) is 5.12. The van der Waals surface area contributed by atoms with E-state index in [0.29, 0.717) is 12.0 Å². The van der Waals surface area contributed by atoms with Gasteiger partial charge in [-0.15, -0.1) is 0 Å². The van der Waals surface area contributed by atoms with Gasteiger partial charge in [0.15, 0.2) is 5.65 Å². The van der Waals surface area contributed by atoms with Crippen molar-refractivity contribution in [1.82, 2.24) is 29.5 Å². The van der Waals surface area contributed by atoms with Crippen molar-refractivity contribution in [3.63, 3.8) is 0 Å². The molecule has 0 spiro atoms. The molecular formula is C19H20N6. The lowest BCUT2D eigenvalue weighted by atomic mass is 10.1. The van der Waals surface area contributed by atoms with E-state index in [1.807, 2.05) is 31.5 Å². The Morgan fingerprint density at radius 1 is 1.16 bits per heavy atom. The van der Waals surface area contributed by atoms with Crippen molar-refractivity contribution in [2.24, 2.45) is 0 Å². The number of hydrogen-bond donors (Lipinski definition) is 1. The van der Waals surface area contributed by atoms with Gasteiger partial charge in [-0.2, -0.15) is 0 Å². The summed E-state index contributed by atoms with van der Waals surface area (Å²) < 4.78 is 2.18. The minimum atomic E-state index is 0.320. The summed E-state index contributed by atoms with van der Waals surface area (Å²) >= 11 is 0. The molecule has 0 radical (unpaired) electrons. The first-order valence-electron chi connectivity index (χ1n) is 8.82. The molecule has 0 unspecified atom stereocenters. The average Bonchev–Trinajstić information content (AvgIpc) is 3.26. The molecule has 6 heteroatoms. The Hall–Kier alpha value is -2.76. The zero-order valence-electron chi connectivity index (χ0n) is 14.6. The van der Waals surface area contributed by atoms with Crippen LogP contribution in [0.4, 0.5) is 0 Å². The van der Waals surface area contributed by atoms with Crippen LogP contribution in [-0.4, -0.2) is 29.5 Å². The van der Waals surface area contributed by atoms with Gasteiger partial charge in [-0.3, -0.25) is 0 Å². The van der Waals surface area contributed by atoms with Crippen molar-refractivity contribution in [3.8, 4) is 11.3 Å².